The van der Waals surface area contributed by atoms with Gasteiger partial charge in [-0.1, -0.05) is 6.92 Å². The van der Waals surface area contributed by atoms with Crippen molar-refractivity contribution < 1.29 is 4.74 Å². The summed E-state index contributed by atoms with van der Waals surface area (Å²) in [5, 5.41) is 0. The third-order valence-corrected chi connectivity index (χ3v) is 4.73. The maximum Gasteiger partial charge on any atom is 0.144 e. The number of anilines is 2. The van der Waals surface area contributed by atoms with E-state index >= 15 is 0 Å². The molecule has 2 saturated heterocycles. The van der Waals surface area contributed by atoms with Crippen LogP contribution < -0.4 is 15.4 Å². The van der Waals surface area contributed by atoms with Gasteiger partial charge in [0.2, 0.25) is 0 Å². The molecule has 21 heavy (non-hydrogen) atoms. The van der Waals surface area contributed by atoms with Gasteiger partial charge in [-0.05, 0) is 44.9 Å². The summed E-state index contributed by atoms with van der Waals surface area (Å²) in [6, 6.07) is 7.50. The average molecular weight is 289 g/mol. The van der Waals surface area contributed by atoms with Crippen molar-refractivity contribution in [3.8, 4) is 5.75 Å². The predicted molar refractivity (Wildman–Crippen MR) is 88.0 cm³/mol. The van der Waals surface area contributed by atoms with Crippen LogP contribution in [0.3, 0.4) is 0 Å². The van der Waals surface area contributed by atoms with Crippen LogP contribution in [0.1, 0.15) is 33.1 Å². The van der Waals surface area contributed by atoms with E-state index in [2.05, 4.69) is 35.8 Å². The minimum absolute atomic E-state index is 0.544. The number of ether oxygens (including phenoxy) is 1. The van der Waals surface area contributed by atoms with Crippen LogP contribution in [0.25, 0.3) is 0 Å². The van der Waals surface area contributed by atoms with Crippen molar-refractivity contribution in [3.05, 3.63) is 18.2 Å². The first-order valence-electron chi connectivity index (χ1n) is 8.22. The Bertz CT molecular complexity index is 491. The van der Waals surface area contributed by atoms with Gasteiger partial charge in [0.05, 0.1) is 12.3 Å². The second-order valence-electron chi connectivity index (χ2n) is 6.36. The Balaban J connectivity index is 1.79. The van der Waals surface area contributed by atoms with Crippen LogP contribution in [0.4, 0.5) is 11.4 Å². The van der Waals surface area contributed by atoms with E-state index in [4.69, 9.17) is 10.5 Å². The molecule has 2 unspecified atom stereocenters. The third kappa shape index (κ3) is 2.95. The van der Waals surface area contributed by atoms with Gasteiger partial charge >= 0.3 is 0 Å². The van der Waals surface area contributed by atoms with Crippen LogP contribution in [0, 0.1) is 0 Å². The highest BCUT2D eigenvalue weighted by Gasteiger charge is 2.34. The highest BCUT2D eigenvalue weighted by atomic mass is 16.5. The summed E-state index contributed by atoms with van der Waals surface area (Å²) in [7, 11) is 0. The van der Waals surface area contributed by atoms with E-state index in [0.717, 1.165) is 37.1 Å². The zero-order valence-corrected chi connectivity index (χ0v) is 13.2. The van der Waals surface area contributed by atoms with Crippen molar-refractivity contribution in [1.29, 1.82) is 0 Å². The van der Waals surface area contributed by atoms with Gasteiger partial charge in [-0.25, -0.2) is 0 Å². The van der Waals surface area contributed by atoms with E-state index in [1.807, 2.05) is 6.07 Å². The molecule has 1 aromatic rings. The fourth-order valence-corrected chi connectivity index (χ4v) is 3.59. The van der Waals surface area contributed by atoms with Crippen molar-refractivity contribution in [2.24, 2.45) is 0 Å². The lowest BCUT2D eigenvalue weighted by Crippen LogP contribution is -2.55. The number of hydrogen-bond donors (Lipinski definition) is 1. The molecular formula is C17H27N3O. The van der Waals surface area contributed by atoms with Gasteiger partial charge in [-0.3, -0.25) is 4.90 Å². The first-order valence-corrected chi connectivity index (χ1v) is 8.22. The summed E-state index contributed by atoms with van der Waals surface area (Å²) in [4.78, 5) is 5.16. The van der Waals surface area contributed by atoms with E-state index in [-0.39, 0.29) is 0 Å². The molecule has 2 atom stereocenters. The van der Waals surface area contributed by atoms with Crippen LogP contribution in [-0.4, -0.2) is 43.2 Å². The molecule has 2 heterocycles. The van der Waals surface area contributed by atoms with Gasteiger partial charge in [0.25, 0.3) is 0 Å². The molecule has 0 amide bonds. The van der Waals surface area contributed by atoms with Gasteiger partial charge in [-0.2, -0.15) is 0 Å². The van der Waals surface area contributed by atoms with Crippen LogP contribution in [-0.2, 0) is 0 Å². The SMILES string of the molecule is CCCOc1cc(N2CC3CCCN3CC2C)ccc1N. The van der Waals surface area contributed by atoms with E-state index < -0.39 is 0 Å². The standard InChI is InChI=1S/C17H27N3O/c1-3-9-21-17-10-14(6-7-16(17)18)20-12-15-5-4-8-19(15)11-13(20)2/h6-7,10,13,15H,3-5,8-9,11-12,18H2,1-2H3. The molecule has 0 aliphatic carbocycles. The monoisotopic (exact) mass is 289 g/mol. The normalized spacial score (nSPS) is 25.9. The number of benzene rings is 1. The molecule has 4 heteroatoms. The van der Waals surface area contributed by atoms with Gasteiger partial charge in [-0.15, -0.1) is 0 Å². The summed E-state index contributed by atoms with van der Waals surface area (Å²) in [6.07, 6.45) is 3.68. The predicted octanol–water partition coefficient (Wildman–Crippen LogP) is 2.73. The van der Waals surface area contributed by atoms with Gasteiger partial charge in [0.1, 0.15) is 5.75 Å². The van der Waals surface area contributed by atoms with Crippen molar-refractivity contribution >= 4 is 11.4 Å². The number of hydrogen-bond acceptors (Lipinski definition) is 4. The maximum atomic E-state index is 6.03. The molecule has 1 aromatic carbocycles. The Hall–Kier alpha value is -1.42. The molecule has 0 saturated carbocycles. The number of nitrogens with two attached hydrogens (primary N) is 1. The largest absolute Gasteiger partial charge is 0.491 e. The Morgan fingerprint density at radius 2 is 2.19 bits per heavy atom. The Labute approximate surface area is 127 Å². The maximum absolute atomic E-state index is 6.03. The lowest BCUT2D eigenvalue weighted by Gasteiger charge is -2.43. The number of nitrogens with zero attached hydrogens (tertiary/aromatic N) is 2. The first-order chi connectivity index (χ1) is 10.2. The smallest absolute Gasteiger partial charge is 0.144 e. The minimum atomic E-state index is 0.544. The fourth-order valence-electron chi connectivity index (χ4n) is 3.59. The fraction of sp³-hybridized carbons (Fsp3) is 0.647. The van der Waals surface area contributed by atoms with Crippen molar-refractivity contribution in [1.82, 2.24) is 4.90 Å². The zero-order chi connectivity index (χ0) is 14.8. The second-order valence-corrected chi connectivity index (χ2v) is 6.36. The molecule has 0 aromatic heterocycles. The van der Waals surface area contributed by atoms with Gasteiger partial charge < -0.3 is 15.4 Å². The van der Waals surface area contributed by atoms with Crippen molar-refractivity contribution in [2.75, 3.05) is 36.9 Å². The molecule has 2 fully saturated rings. The molecule has 3 rings (SSSR count). The molecule has 4 nitrogen and oxygen atoms in total. The number of fused-ring (bicyclic) bond motifs is 1. The quantitative estimate of drug-likeness (QED) is 0.865. The number of rotatable bonds is 4. The molecule has 2 N–H and O–H groups in total. The lowest BCUT2D eigenvalue weighted by atomic mass is 10.1. The zero-order valence-electron chi connectivity index (χ0n) is 13.2. The first kappa shape index (κ1) is 14.5. The van der Waals surface area contributed by atoms with Crippen LogP contribution in [0.15, 0.2) is 18.2 Å². The second kappa shape index (κ2) is 6.14. The summed E-state index contributed by atoms with van der Waals surface area (Å²) < 4.78 is 5.78. The molecular weight excluding hydrogens is 262 g/mol. The van der Waals surface area contributed by atoms with Crippen LogP contribution in [0.5, 0.6) is 5.75 Å². The summed E-state index contributed by atoms with van der Waals surface area (Å²) >= 11 is 0. The Morgan fingerprint density at radius 1 is 1.33 bits per heavy atom. The Morgan fingerprint density at radius 3 is 3.00 bits per heavy atom. The molecule has 0 bridgehead atoms. The van der Waals surface area contributed by atoms with E-state index in [9.17, 15) is 0 Å². The van der Waals surface area contributed by atoms with Crippen molar-refractivity contribution in [2.45, 2.75) is 45.2 Å². The molecule has 2 aliphatic heterocycles. The molecule has 0 spiro atoms. The van der Waals surface area contributed by atoms with E-state index in [1.54, 1.807) is 0 Å². The highest BCUT2D eigenvalue weighted by molar-refractivity contribution is 5.63. The molecule has 0 radical (unpaired) electrons. The van der Waals surface area contributed by atoms with Gasteiger partial charge in [0, 0.05) is 36.9 Å². The van der Waals surface area contributed by atoms with Crippen molar-refractivity contribution in [3.63, 3.8) is 0 Å². The molecule has 2 aliphatic rings. The average Bonchev–Trinajstić information content (AvgIpc) is 2.93. The van der Waals surface area contributed by atoms with Gasteiger partial charge in [0.15, 0.2) is 0 Å². The van der Waals surface area contributed by atoms with E-state index in [1.165, 1.54) is 31.6 Å². The van der Waals surface area contributed by atoms with E-state index in [0.29, 0.717) is 6.04 Å². The van der Waals surface area contributed by atoms with Crippen LogP contribution in [0.2, 0.25) is 0 Å². The minimum Gasteiger partial charge on any atom is -0.491 e. The molecule has 116 valence electrons. The van der Waals surface area contributed by atoms with Crippen LogP contribution >= 0.6 is 0 Å². The number of piperazine rings is 1. The summed E-state index contributed by atoms with van der Waals surface area (Å²) in [5.74, 6) is 0.829. The summed E-state index contributed by atoms with van der Waals surface area (Å²) in [5.41, 5.74) is 8.01. The number of nitrogen functional groups attached to an aromatic ring is 1. The lowest BCUT2D eigenvalue weighted by molar-refractivity contribution is 0.203. The topological polar surface area (TPSA) is 41.7 Å². The summed E-state index contributed by atoms with van der Waals surface area (Å²) in [6.45, 7) is 8.71. The highest BCUT2D eigenvalue weighted by Crippen LogP contribution is 2.33. The third-order valence-electron chi connectivity index (χ3n) is 4.73. The Kier molecular flexibility index (Phi) is 4.24.